The number of nitrogens with one attached hydrogen (secondary N) is 1. The van der Waals surface area contributed by atoms with E-state index in [1.807, 2.05) is 31.2 Å². The standard InChI is InChI=1S/C15H13BrN2O3S2/c1-9-4-3-5-11(8-9)12-6-7-13(22-12)23(19,20)18-15-14(16)10(2)17-21-15/h3-8,18H,1-2H3. The van der Waals surface area contributed by atoms with E-state index in [4.69, 9.17) is 4.52 Å². The molecule has 2 aromatic heterocycles. The van der Waals surface area contributed by atoms with Crippen LogP contribution in [0.25, 0.3) is 10.4 Å². The average molecular weight is 413 g/mol. The first-order chi connectivity index (χ1) is 10.9. The molecule has 0 saturated heterocycles. The summed E-state index contributed by atoms with van der Waals surface area (Å²) in [6, 6.07) is 11.3. The van der Waals surface area contributed by atoms with Gasteiger partial charge < -0.3 is 4.52 Å². The fourth-order valence-corrected chi connectivity index (χ4v) is 4.69. The van der Waals surface area contributed by atoms with Gasteiger partial charge in [-0.05, 0) is 47.5 Å². The molecule has 0 saturated carbocycles. The Labute approximate surface area is 146 Å². The molecule has 0 unspecified atom stereocenters. The van der Waals surface area contributed by atoms with Crippen LogP contribution in [0.3, 0.4) is 0 Å². The molecule has 8 heteroatoms. The van der Waals surface area contributed by atoms with Crippen LogP contribution in [-0.4, -0.2) is 13.6 Å². The normalized spacial score (nSPS) is 11.6. The van der Waals surface area contributed by atoms with E-state index in [0.717, 1.165) is 16.0 Å². The molecule has 23 heavy (non-hydrogen) atoms. The lowest BCUT2D eigenvalue weighted by Gasteiger charge is -2.02. The average Bonchev–Trinajstić information content (AvgIpc) is 3.11. The summed E-state index contributed by atoms with van der Waals surface area (Å²) in [4.78, 5) is 0.891. The van der Waals surface area contributed by atoms with Crippen LogP contribution in [0.2, 0.25) is 0 Å². The van der Waals surface area contributed by atoms with E-state index in [1.165, 1.54) is 11.3 Å². The summed E-state index contributed by atoms with van der Waals surface area (Å²) in [5.74, 6) is 0.0769. The number of aromatic nitrogens is 1. The maximum atomic E-state index is 12.5. The third-order valence-electron chi connectivity index (χ3n) is 3.17. The van der Waals surface area contributed by atoms with E-state index in [2.05, 4.69) is 25.8 Å². The third-order valence-corrected chi connectivity index (χ3v) is 7.06. The van der Waals surface area contributed by atoms with Gasteiger partial charge in [-0.1, -0.05) is 35.0 Å². The molecule has 0 aliphatic carbocycles. The molecule has 1 aromatic carbocycles. The lowest BCUT2D eigenvalue weighted by Crippen LogP contribution is -2.11. The Morgan fingerprint density at radius 1 is 1.22 bits per heavy atom. The SMILES string of the molecule is Cc1cccc(-c2ccc(S(=O)(=O)Nc3onc(C)c3Br)s2)c1. The highest BCUT2D eigenvalue weighted by Crippen LogP contribution is 2.33. The Hall–Kier alpha value is -1.64. The van der Waals surface area contributed by atoms with Crippen molar-refractivity contribution in [1.29, 1.82) is 0 Å². The van der Waals surface area contributed by atoms with Gasteiger partial charge in [-0.15, -0.1) is 11.3 Å². The van der Waals surface area contributed by atoms with Crippen LogP contribution in [0.5, 0.6) is 0 Å². The lowest BCUT2D eigenvalue weighted by molar-refractivity contribution is 0.430. The zero-order chi connectivity index (χ0) is 16.6. The van der Waals surface area contributed by atoms with Gasteiger partial charge in [0, 0.05) is 4.88 Å². The van der Waals surface area contributed by atoms with Crippen molar-refractivity contribution in [3.8, 4) is 10.4 Å². The molecule has 0 atom stereocenters. The fourth-order valence-electron chi connectivity index (χ4n) is 2.01. The number of thiophene rings is 1. The van der Waals surface area contributed by atoms with Crippen molar-refractivity contribution in [3.63, 3.8) is 0 Å². The van der Waals surface area contributed by atoms with Gasteiger partial charge >= 0.3 is 0 Å². The Morgan fingerprint density at radius 3 is 2.65 bits per heavy atom. The molecule has 0 bridgehead atoms. The van der Waals surface area contributed by atoms with Crippen LogP contribution in [-0.2, 0) is 10.0 Å². The highest BCUT2D eigenvalue weighted by atomic mass is 79.9. The molecular weight excluding hydrogens is 400 g/mol. The van der Waals surface area contributed by atoms with Crippen molar-refractivity contribution < 1.29 is 12.9 Å². The molecular formula is C15H13BrN2O3S2. The molecule has 0 aliphatic rings. The maximum Gasteiger partial charge on any atom is 0.273 e. The van der Waals surface area contributed by atoms with Crippen LogP contribution in [0.1, 0.15) is 11.3 Å². The summed E-state index contributed by atoms with van der Waals surface area (Å²) < 4.78 is 33.0. The molecule has 3 aromatic rings. The minimum Gasteiger partial charge on any atom is -0.336 e. The molecule has 0 aliphatic heterocycles. The van der Waals surface area contributed by atoms with Gasteiger partial charge in [-0.25, -0.2) is 13.1 Å². The summed E-state index contributed by atoms with van der Waals surface area (Å²) >= 11 is 4.45. The predicted molar refractivity (Wildman–Crippen MR) is 94.2 cm³/mol. The largest absolute Gasteiger partial charge is 0.336 e. The van der Waals surface area contributed by atoms with Gasteiger partial charge in [0.15, 0.2) is 0 Å². The van der Waals surface area contributed by atoms with Crippen molar-refractivity contribution in [2.75, 3.05) is 4.72 Å². The molecule has 120 valence electrons. The zero-order valence-electron chi connectivity index (χ0n) is 12.3. The predicted octanol–water partition coefficient (Wildman–Crippen LogP) is 4.58. The van der Waals surface area contributed by atoms with E-state index in [0.29, 0.717) is 10.2 Å². The Balaban J connectivity index is 1.91. The number of hydrogen-bond acceptors (Lipinski definition) is 5. The fraction of sp³-hybridized carbons (Fsp3) is 0.133. The Bertz CT molecular complexity index is 961. The number of nitrogens with zero attached hydrogens (tertiary/aromatic N) is 1. The van der Waals surface area contributed by atoms with E-state index < -0.39 is 10.0 Å². The number of benzene rings is 1. The number of anilines is 1. The molecule has 0 radical (unpaired) electrons. The smallest absolute Gasteiger partial charge is 0.273 e. The van der Waals surface area contributed by atoms with Crippen LogP contribution in [0.4, 0.5) is 5.88 Å². The Kier molecular flexibility index (Phi) is 4.31. The van der Waals surface area contributed by atoms with E-state index in [9.17, 15) is 8.42 Å². The van der Waals surface area contributed by atoms with E-state index in [1.54, 1.807) is 19.1 Å². The van der Waals surface area contributed by atoms with Crippen molar-refractivity contribution in [3.05, 3.63) is 52.1 Å². The highest BCUT2D eigenvalue weighted by Gasteiger charge is 2.22. The number of hydrogen-bond donors (Lipinski definition) is 1. The summed E-state index contributed by atoms with van der Waals surface area (Å²) in [6.45, 7) is 3.71. The van der Waals surface area contributed by atoms with Gasteiger partial charge in [0.25, 0.3) is 15.9 Å². The monoisotopic (exact) mass is 412 g/mol. The first-order valence-electron chi connectivity index (χ1n) is 6.68. The summed E-state index contributed by atoms with van der Waals surface area (Å²) in [7, 11) is -3.72. The lowest BCUT2D eigenvalue weighted by atomic mass is 10.1. The first-order valence-corrected chi connectivity index (χ1v) is 9.77. The number of halogens is 1. The van der Waals surface area contributed by atoms with Crippen LogP contribution >= 0.6 is 27.3 Å². The minimum atomic E-state index is -3.72. The number of rotatable bonds is 4. The van der Waals surface area contributed by atoms with Crippen LogP contribution in [0, 0.1) is 13.8 Å². The summed E-state index contributed by atoms with van der Waals surface area (Å²) in [5.41, 5.74) is 2.70. The summed E-state index contributed by atoms with van der Waals surface area (Å²) in [5, 5.41) is 3.71. The third kappa shape index (κ3) is 3.34. The van der Waals surface area contributed by atoms with Crippen LogP contribution in [0.15, 0.2) is 49.6 Å². The van der Waals surface area contributed by atoms with Crippen molar-refractivity contribution in [2.45, 2.75) is 18.1 Å². The van der Waals surface area contributed by atoms with Gasteiger partial charge in [0.2, 0.25) is 0 Å². The second-order valence-corrected chi connectivity index (χ2v) is 8.79. The molecule has 3 rings (SSSR count). The zero-order valence-corrected chi connectivity index (χ0v) is 15.5. The second-order valence-electron chi connectivity index (χ2n) is 5.00. The molecule has 0 spiro atoms. The van der Waals surface area contributed by atoms with E-state index in [-0.39, 0.29) is 10.1 Å². The van der Waals surface area contributed by atoms with Gasteiger partial charge in [0.05, 0.1) is 5.69 Å². The van der Waals surface area contributed by atoms with Crippen molar-refractivity contribution >= 4 is 43.2 Å². The number of aryl methyl sites for hydroxylation is 2. The molecule has 0 fully saturated rings. The van der Waals surface area contributed by atoms with Crippen LogP contribution < -0.4 is 4.72 Å². The molecule has 2 heterocycles. The topological polar surface area (TPSA) is 72.2 Å². The highest BCUT2D eigenvalue weighted by molar-refractivity contribution is 9.10. The van der Waals surface area contributed by atoms with Crippen molar-refractivity contribution in [1.82, 2.24) is 5.16 Å². The Morgan fingerprint density at radius 2 is 2.00 bits per heavy atom. The van der Waals surface area contributed by atoms with Gasteiger partial charge in [0.1, 0.15) is 8.68 Å². The number of sulfonamides is 1. The maximum absolute atomic E-state index is 12.5. The molecule has 1 N–H and O–H groups in total. The van der Waals surface area contributed by atoms with Gasteiger partial charge in [-0.3, -0.25) is 0 Å². The molecule has 5 nitrogen and oxygen atoms in total. The second kappa shape index (κ2) is 6.10. The van der Waals surface area contributed by atoms with Gasteiger partial charge in [-0.2, -0.15) is 0 Å². The van der Waals surface area contributed by atoms with Crippen molar-refractivity contribution in [2.24, 2.45) is 0 Å². The quantitative estimate of drug-likeness (QED) is 0.680. The molecule has 0 amide bonds. The van der Waals surface area contributed by atoms with E-state index >= 15 is 0 Å². The minimum absolute atomic E-state index is 0.0769. The summed E-state index contributed by atoms with van der Waals surface area (Å²) in [6.07, 6.45) is 0. The first kappa shape index (κ1) is 16.2.